The van der Waals surface area contributed by atoms with Crippen LogP contribution in [0.2, 0.25) is 0 Å². The van der Waals surface area contributed by atoms with E-state index >= 15 is 0 Å². The van der Waals surface area contributed by atoms with Crippen molar-refractivity contribution in [3.8, 4) is 0 Å². The Morgan fingerprint density at radius 1 is 1.38 bits per heavy atom. The maximum absolute atomic E-state index is 5.99. The summed E-state index contributed by atoms with van der Waals surface area (Å²) in [5.74, 6) is -0.542. The zero-order valence-electron chi connectivity index (χ0n) is 7.87. The molecule has 2 rings (SSSR count). The first-order valence-electron chi connectivity index (χ1n) is 4.55. The highest BCUT2D eigenvalue weighted by Crippen LogP contribution is 2.36. The fraction of sp³-hybridized carbons (Fsp3) is 1.00. The van der Waals surface area contributed by atoms with Gasteiger partial charge in [-0.15, -0.1) is 0 Å². The lowest BCUT2D eigenvalue weighted by molar-refractivity contribution is -0.167. The highest BCUT2D eigenvalue weighted by molar-refractivity contribution is 14.1. The summed E-state index contributed by atoms with van der Waals surface area (Å²) in [7, 11) is 0. The van der Waals surface area contributed by atoms with Gasteiger partial charge in [0.15, 0.2) is 5.79 Å². The van der Waals surface area contributed by atoms with Crippen molar-refractivity contribution in [1.82, 2.24) is 3.11 Å². The molecule has 0 radical (unpaired) electrons. The summed E-state index contributed by atoms with van der Waals surface area (Å²) in [6, 6.07) is -0.0307. The van der Waals surface area contributed by atoms with Gasteiger partial charge in [0.2, 0.25) is 0 Å². The van der Waals surface area contributed by atoms with Crippen molar-refractivity contribution < 1.29 is 9.47 Å². The Morgan fingerprint density at radius 3 is 2.31 bits per heavy atom. The number of rotatable bonds is 0. The largest absolute Gasteiger partial charge is 0.341 e. The first-order chi connectivity index (χ1) is 6.03. The molecule has 2 fully saturated rings. The number of ether oxygens (including phenoxy) is 2. The number of nitrogens with zero attached hydrogens (tertiary/aromatic N) is 1. The quantitative estimate of drug-likeness (QED) is 0.522. The fourth-order valence-electron chi connectivity index (χ4n) is 1.87. The van der Waals surface area contributed by atoms with Crippen molar-refractivity contribution in [2.24, 2.45) is 5.73 Å². The van der Waals surface area contributed by atoms with E-state index in [1.807, 2.05) is 13.8 Å². The monoisotopic (exact) mass is 298 g/mol. The predicted octanol–water partition coefficient (Wildman–Crippen LogP) is 0.499. The molecule has 2 N–H and O–H groups in total. The number of hydrogen-bond acceptors (Lipinski definition) is 4. The average molecular weight is 298 g/mol. The molecule has 13 heavy (non-hydrogen) atoms. The molecule has 1 spiro atoms. The van der Waals surface area contributed by atoms with Gasteiger partial charge < -0.3 is 15.2 Å². The second-order valence-corrected chi connectivity index (χ2v) is 5.23. The number of hydrogen-bond donors (Lipinski definition) is 1. The highest BCUT2D eigenvalue weighted by Gasteiger charge is 2.53. The minimum Gasteiger partial charge on any atom is -0.341 e. The van der Waals surface area contributed by atoms with Crippen LogP contribution < -0.4 is 5.73 Å². The van der Waals surface area contributed by atoms with Crippen LogP contribution in [0.1, 0.15) is 13.8 Å². The molecule has 2 saturated heterocycles. The molecule has 0 aromatic carbocycles. The van der Waals surface area contributed by atoms with Crippen molar-refractivity contribution in [2.45, 2.75) is 37.9 Å². The molecule has 0 saturated carbocycles. The van der Waals surface area contributed by atoms with E-state index in [0.717, 1.165) is 13.1 Å². The first-order valence-corrected chi connectivity index (χ1v) is 5.52. The Hall–Kier alpha value is 0.570. The smallest absolute Gasteiger partial charge is 0.199 e. The Bertz CT molecular complexity index is 204. The maximum Gasteiger partial charge on any atom is 0.199 e. The highest BCUT2D eigenvalue weighted by atomic mass is 127. The van der Waals surface area contributed by atoms with Gasteiger partial charge in [0.1, 0.15) is 0 Å². The topological polar surface area (TPSA) is 47.7 Å². The molecule has 0 bridgehead atoms. The van der Waals surface area contributed by atoms with Crippen LogP contribution in [0.5, 0.6) is 0 Å². The number of halogens is 1. The van der Waals surface area contributed by atoms with Crippen molar-refractivity contribution >= 4 is 22.9 Å². The predicted molar refractivity (Wildman–Crippen MR) is 57.4 cm³/mol. The molecule has 3 atom stereocenters. The summed E-state index contributed by atoms with van der Waals surface area (Å²) in [4.78, 5) is 0. The molecular weight excluding hydrogens is 283 g/mol. The summed E-state index contributed by atoms with van der Waals surface area (Å²) < 4.78 is 13.7. The van der Waals surface area contributed by atoms with E-state index in [1.54, 1.807) is 0 Å². The van der Waals surface area contributed by atoms with E-state index in [-0.39, 0.29) is 18.2 Å². The normalized spacial score (nSPS) is 52.2. The standard InChI is InChI=1S/C8H15IN2O2/c1-5-6(2)13-8(12-5)4-11(9)3-7(8)10/h5-7H,3-4,10H2,1-2H3. The van der Waals surface area contributed by atoms with Crippen LogP contribution in [-0.2, 0) is 9.47 Å². The van der Waals surface area contributed by atoms with E-state index < -0.39 is 5.79 Å². The minimum absolute atomic E-state index is 0.0307. The van der Waals surface area contributed by atoms with Gasteiger partial charge >= 0.3 is 0 Å². The molecule has 76 valence electrons. The maximum atomic E-state index is 5.99. The van der Waals surface area contributed by atoms with Crippen molar-refractivity contribution in [2.75, 3.05) is 13.1 Å². The molecule has 4 nitrogen and oxygen atoms in total. The van der Waals surface area contributed by atoms with Gasteiger partial charge in [-0.2, -0.15) is 0 Å². The first kappa shape index (κ1) is 10.1. The van der Waals surface area contributed by atoms with Gasteiger partial charge in [-0.3, -0.25) is 0 Å². The molecule has 0 amide bonds. The molecule has 5 heteroatoms. The van der Waals surface area contributed by atoms with Crippen LogP contribution >= 0.6 is 22.9 Å². The minimum atomic E-state index is -0.542. The van der Waals surface area contributed by atoms with E-state index in [4.69, 9.17) is 15.2 Å². The molecular formula is C8H15IN2O2. The Labute approximate surface area is 92.2 Å². The van der Waals surface area contributed by atoms with Crippen LogP contribution in [0.15, 0.2) is 0 Å². The van der Waals surface area contributed by atoms with Gasteiger partial charge in [0.25, 0.3) is 0 Å². The van der Waals surface area contributed by atoms with Crippen LogP contribution in [-0.4, -0.2) is 40.2 Å². The molecule has 0 aromatic heterocycles. The number of nitrogens with two attached hydrogens (primary N) is 1. The van der Waals surface area contributed by atoms with E-state index in [9.17, 15) is 0 Å². The third kappa shape index (κ3) is 1.61. The lowest BCUT2D eigenvalue weighted by Crippen LogP contribution is -2.48. The third-order valence-corrected chi connectivity index (χ3v) is 3.52. The Kier molecular flexibility index (Phi) is 2.57. The molecule has 3 unspecified atom stereocenters. The summed E-state index contributed by atoms with van der Waals surface area (Å²) in [5.41, 5.74) is 5.99. The molecule has 2 heterocycles. The zero-order valence-corrected chi connectivity index (χ0v) is 10.0. The molecule has 0 aromatic rings. The van der Waals surface area contributed by atoms with E-state index in [2.05, 4.69) is 26.0 Å². The van der Waals surface area contributed by atoms with Crippen LogP contribution in [0.3, 0.4) is 0 Å². The third-order valence-electron chi connectivity index (χ3n) is 2.78. The molecule has 2 aliphatic heterocycles. The van der Waals surface area contributed by atoms with E-state index in [1.165, 1.54) is 0 Å². The SMILES string of the molecule is CC1OC2(CN(I)CC2N)OC1C. The summed E-state index contributed by atoms with van der Waals surface area (Å²) in [5, 5.41) is 0. The Balaban J connectivity index is 2.14. The van der Waals surface area contributed by atoms with Gasteiger partial charge in [-0.25, -0.2) is 3.11 Å². The lowest BCUT2D eigenvalue weighted by atomic mass is 10.2. The van der Waals surface area contributed by atoms with Gasteiger partial charge in [0, 0.05) is 29.4 Å². The van der Waals surface area contributed by atoms with Crippen LogP contribution in [0, 0.1) is 0 Å². The summed E-state index contributed by atoms with van der Waals surface area (Å²) >= 11 is 2.25. The van der Waals surface area contributed by atoms with Gasteiger partial charge in [-0.1, -0.05) is 0 Å². The van der Waals surface area contributed by atoms with Gasteiger partial charge in [0.05, 0.1) is 24.8 Å². The van der Waals surface area contributed by atoms with Crippen molar-refractivity contribution in [3.63, 3.8) is 0 Å². The second-order valence-electron chi connectivity index (χ2n) is 3.87. The zero-order chi connectivity index (χ0) is 9.64. The van der Waals surface area contributed by atoms with Gasteiger partial charge in [-0.05, 0) is 13.8 Å². The average Bonchev–Trinajstić information content (AvgIpc) is 2.40. The summed E-state index contributed by atoms with van der Waals surface area (Å²) in [6.07, 6.45) is 0.294. The lowest BCUT2D eigenvalue weighted by Gasteiger charge is -2.25. The molecule has 2 aliphatic rings. The van der Waals surface area contributed by atoms with Crippen molar-refractivity contribution in [3.05, 3.63) is 0 Å². The molecule has 0 aliphatic carbocycles. The van der Waals surface area contributed by atoms with Crippen molar-refractivity contribution in [1.29, 1.82) is 0 Å². The van der Waals surface area contributed by atoms with Crippen LogP contribution in [0.25, 0.3) is 0 Å². The summed E-state index contributed by atoms with van der Waals surface area (Å²) in [6.45, 7) is 5.66. The second kappa shape index (κ2) is 3.30. The van der Waals surface area contributed by atoms with Crippen LogP contribution in [0.4, 0.5) is 0 Å². The fourth-order valence-corrected chi connectivity index (χ4v) is 2.77. The Morgan fingerprint density at radius 2 is 1.92 bits per heavy atom. The van der Waals surface area contributed by atoms with E-state index in [0.29, 0.717) is 0 Å².